The fourth-order valence-corrected chi connectivity index (χ4v) is 2.83. The van der Waals surface area contributed by atoms with E-state index < -0.39 is 5.91 Å². The molecule has 0 aliphatic carbocycles. The zero-order chi connectivity index (χ0) is 14.3. The highest BCUT2D eigenvalue weighted by molar-refractivity contribution is 5.91. The van der Waals surface area contributed by atoms with Crippen LogP contribution in [0, 0.1) is 13.8 Å². The van der Waals surface area contributed by atoms with Gasteiger partial charge in [0, 0.05) is 12.6 Å². The van der Waals surface area contributed by atoms with Gasteiger partial charge in [0.15, 0.2) is 5.69 Å². The van der Waals surface area contributed by atoms with E-state index in [-0.39, 0.29) is 6.04 Å². The van der Waals surface area contributed by atoms with E-state index >= 15 is 0 Å². The lowest BCUT2D eigenvalue weighted by Gasteiger charge is -2.27. The summed E-state index contributed by atoms with van der Waals surface area (Å²) in [5.41, 5.74) is 9.37. The van der Waals surface area contributed by atoms with Crippen LogP contribution in [0.1, 0.15) is 39.6 Å². The van der Waals surface area contributed by atoms with Crippen molar-refractivity contribution in [1.82, 2.24) is 9.78 Å². The molecule has 0 saturated heterocycles. The predicted octanol–water partition coefficient (Wildman–Crippen LogP) is 2.00. The van der Waals surface area contributed by atoms with E-state index in [1.54, 1.807) is 6.07 Å². The summed E-state index contributed by atoms with van der Waals surface area (Å²) in [4.78, 5) is 11.3. The van der Waals surface area contributed by atoms with E-state index in [0.29, 0.717) is 5.69 Å². The molecular weight excluding hydrogens is 252 g/mol. The SMILES string of the molecule is Cc1ccc(C2CCNc3cc(C(N)=O)nn32)c(C)c1. The Hall–Kier alpha value is -2.30. The van der Waals surface area contributed by atoms with Gasteiger partial charge in [-0.1, -0.05) is 23.8 Å². The van der Waals surface area contributed by atoms with E-state index in [1.807, 2.05) is 4.68 Å². The summed E-state index contributed by atoms with van der Waals surface area (Å²) in [6.45, 7) is 5.06. The van der Waals surface area contributed by atoms with E-state index in [1.165, 1.54) is 16.7 Å². The molecule has 5 nitrogen and oxygen atoms in total. The number of nitrogens with two attached hydrogens (primary N) is 1. The number of anilines is 1. The third-order valence-electron chi connectivity index (χ3n) is 3.79. The highest BCUT2D eigenvalue weighted by Gasteiger charge is 2.25. The van der Waals surface area contributed by atoms with E-state index in [4.69, 9.17) is 5.73 Å². The smallest absolute Gasteiger partial charge is 0.269 e. The van der Waals surface area contributed by atoms with Gasteiger partial charge in [0.1, 0.15) is 5.82 Å². The van der Waals surface area contributed by atoms with Crippen LogP contribution < -0.4 is 11.1 Å². The Balaban J connectivity index is 2.07. The molecule has 1 aromatic heterocycles. The fourth-order valence-electron chi connectivity index (χ4n) is 2.83. The van der Waals surface area contributed by atoms with Crippen molar-refractivity contribution in [1.29, 1.82) is 0 Å². The van der Waals surface area contributed by atoms with Crippen LogP contribution in [-0.4, -0.2) is 22.2 Å². The van der Waals surface area contributed by atoms with Crippen LogP contribution in [0.2, 0.25) is 0 Å². The second-order valence-electron chi connectivity index (χ2n) is 5.31. The molecule has 1 aliphatic rings. The zero-order valence-corrected chi connectivity index (χ0v) is 11.7. The van der Waals surface area contributed by atoms with Crippen LogP contribution in [-0.2, 0) is 0 Å². The molecule has 0 fully saturated rings. The number of rotatable bonds is 2. The Morgan fingerprint density at radius 3 is 2.90 bits per heavy atom. The van der Waals surface area contributed by atoms with Gasteiger partial charge in [-0.3, -0.25) is 4.79 Å². The Kier molecular flexibility index (Phi) is 2.97. The minimum Gasteiger partial charge on any atom is -0.370 e. The van der Waals surface area contributed by atoms with Crippen molar-refractivity contribution >= 4 is 11.7 Å². The Morgan fingerprint density at radius 2 is 2.20 bits per heavy atom. The number of nitrogens with zero attached hydrogens (tertiary/aromatic N) is 2. The lowest BCUT2D eigenvalue weighted by atomic mass is 9.96. The molecule has 20 heavy (non-hydrogen) atoms. The number of aryl methyl sites for hydroxylation is 2. The average molecular weight is 270 g/mol. The second-order valence-corrected chi connectivity index (χ2v) is 5.31. The summed E-state index contributed by atoms with van der Waals surface area (Å²) in [5, 5.41) is 7.61. The molecule has 3 rings (SSSR count). The van der Waals surface area contributed by atoms with Gasteiger partial charge in [-0.15, -0.1) is 0 Å². The van der Waals surface area contributed by atoms with Crippen LogP contribution in [0.3, 0.4) is 0 Å². The maximum absolute atomic E-state index is 11.3. The molecule has 0 radical (unpaired) electrons. The quantitative estimate of drug-likeness (QED) is 0.876. The summed E-state index contributed by atoms with van der Waals surface area (Å²) in [7, 11) is 0. The topological polar surface area (TPSA) is 72.9 Å². The molecule has 1 aromatic carbocycles. The minimum absolute atomic E-state index is 0.153. The minimum atomic E-state index is -0.493. The Morgan fingerprint density at radius 1 is 1.40 bits per heavy atom. The van der Waals surface area contributed by atoms with Crippen LogP contribution in [0.25, 0.3) is 0 Å². The Bertz CT molecular complexity index is 675. The zero-order valence-electron chi connectivity index (χ0n) is 11.7. The number of hydrogen-bond acceptors (Lipinski definition) is 3. The summed E-state index contributed by atoms with van der Waals surface area (Å²) in [6.07, 6.45) is 0.941. The molecule has 0 saturated carbocycles. The van der Waals surface area contributed by atoms with E-state index in [9.17, 15) is 4.79 Å². The molecule has 1 unspecified atom stereocenters. The monoisotopic (exact) mass is 270 g/mol. The molecule has 0 spiro atoms. The van der Waals surface area contributed by atoms with Crippen molar-refractivity contribution in [3.8, 4) is 0 Å². The number of hydrogen-bond donors (Lipinski definition) is 2. The van der Waals surface area contributed by atoms with E-state index in [2.05, 4.69) is 42.5 Å². The summed E-state index contributed by atoms with van der Waals surface area (Å²) in [5.74, 6) is 0.364. The summed E-state index contributed by atoms with van der Waals surface area (Å²) >= 11 is 0. The number of carbonyl (C=O) groups is 1. The van der Waals surface area contributed by atoms with Crippen molar-refractivity contribution in [2.75, 3.05) is 11.9 Å². The number of fused-ring (bicyclic) bond motifs is 1. The molecular formula is C15H18N4O. The van der Waals surface area contributed by atoms with Crippen molar-refractivity contribution in [3.63, 3.8) is 0 Å². The third kappa shape index (κ3) is 2.05. The van der Waals surface area contributed by atoms with Crippen LogP contribution in [0.5, 0.6) is 0 Å². The highest BCUT2D eigenvalue weighted by atomic mass is 16.1. The predicted molar refractivity (Wildman–Crippen MR) is 77.9 cm³/mol. The maximum atomic E-state index is 11.3. The lowest BCUT2D eigenvalue weighted by Crippen LogP contribution is -2.25. The number of benzene rings is 1. The van der Waals surface area contributed by atoms with Crippen molar-refractivity contribution in [3.05, 3.63) is 46.6 Å². The Labute approximate surface area is 117 Å². The van der Waals surface area contributed by atoms with Crippen molar-refractivity contribution < 1.29 is 4.79 Å². The number of amides is 1. The molecule has 2 aromatic rings. The second kappa shape index (κ2) is 4.67. The molecule has 1 amide bonds. The molecule has 104 valence electrons. The highest BCUT2D eigenvalue weighted by Crippen LogP contribution is 2.31. The van der Waals surface area contributed by atoms with Gasteiger partial charge in [-0.25, -0.2) is 4.68 Å². The van der Waals surface area contributed by atoms with Crippen LogP contribution in [0.15, 0.2) is 24.3 Å². The van der Waals surface area contributed by atoms with Gasteiger partial charge in [-0.05, 0) is 31.4 Å². The number of nitrogens with one attached hydrogen (secondary N) is 1. The third-order valence-corrected chi connectivity index (χ3v) is 3.79. The molecule has 0 bridgehead atoms. The van der Waals surface area contributed by atoms with Gasteiger partial charge >= 0.3 is 0 Å². The number of carbonyl (C=O) groups excluding carboxylic acids is 1. The van der Waals surface area contributed by atoms with Gasteiger partial charge in [-0.2, -0.15) is 5.10 Å². The fraction of sp³-hybridized carbons (Fsp3) is 0.333. The molecule has 1 aliphatic heterocycles. The lowest BCUT2D eigenvalue weighted by molar-refractivity contribution is 0.0994. The van der Waals surface area contributed by atoms with Crippen LogP contribution in [0.4, 0.5) is 5.82 Å². The van der Waals surface area contributed by atoms with Crippen molar-refractivity contribution in [2.24, 2.45) is 5.73 Å². The molecule has 3 N–H and O–H groups in total. The first kappa shape index (κ1) is 12.7. The van der Waals surface area contributed by atoms with E-state index in [0.717, 1.165) is 18.8 Å². The molecule has 1 atom stereocenters. The van der Waals surface area contributed by atoms with Gasteiger partial charge in [0.05, 0.1) is 6.04 Å². The van der Waals surface area contributed by atoms with Crippen molar-refractivity contribution in [2.45, 2.75) is 26.3 Å². The first-order valence-corrected chi connectivity index (χ1v) is 6.76. The van der Waals surface area contributed by atoms with Gasteiger partial charge in [0.25, 0.3) is 5.91 Å². The molecule has 2 heterocycles. The first-order valence-electron chi connectivity index (χ1n) is 6.76. The van der Waals surface area contributed by atoms with Crippen LogP contribution >= 0.6 is 0 Å². The number of aromatic nitrogens is 2. The normalized spacial score (nSPS) is 17.4. The largest absolute Gasteiger partial charge is 0.370 e. The van der Waals surface area contributed by atoms with Gasteiger partial charge in [0.2, 0.25) is 0 Å². The van der Waals surface area contributed by atoms with Gasteiger partial charge < -0.3 is 11.1 Å². The summed E-state index contributed by atoms with van der Waals surface area (Å²) in [6, 6.07) is 8.31. The maximum Gasteiger partial charge on any atom is 0.269 e. The standard InChI is InChI=1S/C15H18N4O/c1-9-3-4-11(10(2)7-9)13-5-6-17-14-8-12(15(16)20)18-19(13)14/h3-4,7-8,13,17H,5-6H2,1-2H3,(H2,16,20). The first-order chi connectivity index (χ1) is 9.56. The summed E-state index contributed by atoms with van der Waals surface area (Å²) < 4.78 is 1.88. The molecule has 5 heteroatoms. The number of primary amides is 1. The average Bonchev–Trinajstić information content (AvgIpc) is 2.83.